The van der Waals surface area contributed by atoms with Crippen molar-refractivity contribution in [3.63, 3.8) is 0 Å². The number of nitrogen functional groups attached to an aromatic ring is 1. The van der Waals surface area contributed by atoms with Crippen LogP contribution in [0.25, 0.3) is 0 Å². The van der Waals surface area contributed by atoms with Gasteiger partial charge in [0.2, 0.25) is 0 Å². The molecule has 0 saturated carbocycles. The normalized spacial score (nSPS) is 11.8. The Kier molecular flexibility index (Phi) is 3.46. The average molecular weight is 240 g/mol. The van der Waals surface area contributed by atoms with Crippen LogP contribution in [0.15, 0.2) is 12.1 Å². The molecule has 0 saturated heterocycles. The van der Waals surface area contributed by atoms with Crippen LogP contribution in [0, 0.1) is 0 Å². The number of hydrogen-bond acceptors (Lipinski definition) is 2. The molecule has 0 heterocycles. The van der Waals surface area contributed by atoms with Gasteiger partial charge in [-0.1, -0.05) is 11.6 Å². The minimum Gasteiger partial charge on any atom is -0.397 e. The summed E-state index contributed by atoms with van der Waals surface area (Å²) >= 11 is 5.60. The van der Waals surface area contributed by atoms with Gasteiger partial charge in [-0.3, -0.25) is 0 Å². The predicted molar refractivity (Wildman–Crippen MR) is 51.7 cm³/mol. The van der Waals surface area contributed by atoms with Crippen molar-refractivity contribution in [3.8, 4) is 0 Å². The van der Waals surface area contributed by atoms with E-state index in [0.29, 0.717) is 0 Å². The summed E-state index contributed by atoms with van der Waals surface area (Å²) in [5.74, 6) is 0. The molecule has 0 spiro atoms. The molecule has 0 bridgehead atoms. The molecule has 3 N–H and O–H groups in total. The van der Waals surface area contributed by atoms with Gasteiger partial charge in [-0.2, -0.15) is 13.2 Å². The Morgan fingerprint density at radius 2 is 1.93 bits per heavy atom. The lowest BCUT2D eigenvalue weighted by molar-refractivity contribution is -0.138. The lowest BCUT2D eigenvalue weighted by Gasteiger charge is -2.15. The van der Waals surface area contributed by atoms with E-state index in [1.165, 1.54) is 0 Å². The molecule has 15 heavy (non-hydrogen) atoms. The number of halogens is 4. The molecule has 0 unspecified atom stereocenters. The molecule has 1 rings (SSSR count). The predicted octanol–water partition coefficient (Wildman–Crippen LogP) is 2.48. The Morgan fingerprint density at radius 3 is 2.40 bits per heavy atom. The second kappa shape index (κ2) is 4.28. The van der Waals surface area contributed by atoms with Crippen molar-refractivity contribution >= 4 is 17.3 Å². The van der Waals surface area contributed by atoms with E-state index < -0.39 is 18.3 Å². The molecular weight excluding hydrogens is 231 g/mol. The summed E-state index contributed by atoms with van der Waals surface area (Å²) < 4.78 is 37.5. The second-order valence-electron chi connectivity index (χ2n) is 2.96. The van der Waals surface area contributed by atoms with E-state index in [0.717, 1.165) is 12.1 Å². The fraction of sp³-hybridized carbons (Fsp3) is 0.333. The summed E-state index contributed by atoms with van der Waals surface area (Å²) in [5.41, 5.74) is 4.29. The zero-order chi connectivity index (χ0) is 11.6. The van der Waals surface area contributed by atoms with Gasteiger partial charge in [0, 0.05) is 6.61 Å². The Balaban J connectivity index is 3.33. The molecule has 0 atom stereocenters. The van der Waals surface area contributed by atoms with Gasteiger partial charge in [-0.25, -0.2) is 0 Å². The molecule has 1 aromatic rings. The molecule has 0 aromatic heterocycles. The van der Waals surface area contributed by atoms with Crippen molar-refractivity contribution in [1.29, 1.82) is 0 Å². The van der Waals surface area contributed by atoms with Crippen LogP contribution in [0.2, 0.25) is 5.02 Å². The van der Waals surface area contributed by atoms with E-state index in [9.17, 15) is 13.2 Å². The van der Waals surface area contributed by atoms with Crippen LogP contribution in [0.1, 0.15) is 11.1 Å². The highest BCUT2D eigenvalue weighted by molar-refractivity contribution is 6.33. The van der Waals surface area contributed by atoms with Gasteiger partial charge < -0.3 is 10.8 Å². The van der Waals surface area contributed by atoms with Crippen molar-refractivity contribution in [2.45, 2.75) is 12.6 Å². The molecule has 84 valence electrons. The third-order valence-corrected chi connectivity index (χ3v) is 2.30. The van der Waals surface area contributed by atoms with Gasteiger partial charge in [0.1, 0.15) is 0 Å². The molecule has 0 radical (unpaired) electrons. The molecule has 0 aliphatic rings. The van der Waals surface area contributed by atoms with E-state index >= 15 is 0 Å². The van der Waals surface area contributed by atoms with E-state index in [-0.39, 0.29) is 22.7 Å². The number of anilines is 1. The third-order valence-electron chi connectivity index (χ3n) is 1.97. The maximum absolute atomic E-state index is 12.5. The van der Waals surface area contributed by atoms with Crippen LogP contribution >= 0.6 is 11.6 Å². The lowest BCUT2D eigenvalue weighted by Crippen LogP contribution is -2.12. The first-order valence-corrected chi connectivity index (χ1v) is 4.50. The van der Waals surface area contributed by atoms with E-state index in [2.05, 4.69) is 0 Å². The minimum atomic E-state index is -4.48. The summed E-state index contributed by atoms with van der Waals surface area (Å²) in [6.45, 7) is -0.409. The van der Waals surface area contributed by atoms with Crippen LogP contribution in [-0.4, -0.2) is 11.7 Å². The van der Waals surface area contributed by atoms with Crippen LogP contribution < -0.4 is 5.73 Å². The van der Waals surface area contributed by atoms with Crippen molar-refractivity contribution in [1.82, 2.24) is 0 Å². The van der Waals surface area contributed by atoms with Crippen molar-refractivity contribution in [2.75, 3.05) is 12.3 Å². The monoisotopic (exact) mass is 239 g/mol. The smallest absolute Gasteiger partial charge is 0.397 e. The molecule has 6 heteroatoms. The number of aliphatic hydroxyl groups is 1. The fourth-order valence-corrected chi connectivity index (χ4v) is 1.46. The Bertz CT molecular complexity index is 365. The highest BCUT2D eigenvalue weighted by atomic mass is 35.5. The van der Waals surface area contributed by atoms with Crippen LogP contribution in [-0.2, 0) is 12.6 Å². The highest BCUT2D eigenvalue weighted by Crippen LogP contribution is 2.37. The molecular formula is C9H9ClF3NO. The first-order chi connectivity index (χ1) is 6.88. The van der Waals surface area contributed by atoms with Crippen molar-refractivity contribution < 1.29 is 18.3 Å². The van der Waals surface area contributed by atoms with Gasteiger partial charge in [-0.15, -0.1) is 0 Å². The number of nitrogens with two attached hydrogens (primary N) is 1. The second-order valence-corrected chi connectivity index (χ2v) is 3.37. The fourth-order valence-electron chi connectivity index (χ4n) is 1.28. The first-order valence-electron chi connectivity index (χ1n) is 4.13. The Morgan fingerprint density at radius 1 is 1.33 bits per heavy atom. The summed E-state index contributed by atoms with van der Waals surface area (Å²) in [7, 11) is 0. The highest BCUT2D eigenvalue weighted by Gasteiger charge is 2.34. The van der Waals surface area contributed by atoms with E-state index in [1.54, 1.807) is 0 Å². The van der Waals surface area contributed by atoms with Gasteiger partial charge in [0.15, 0.2) is 0 Å². The largest absolute Gasteiger partial charge is 0.416 e. The van der Waals surface area contributed by atoms with Crippen LogP contribution in [0.4, 0.5) is 18.9 Å². The first kappa shape index (κ1) is 12.1. The van der Waals surface area contributed by atoms with Gasteiger partial charge in [-0.05, 0) is 24.1 Å². The zero-order valence-electron chi connectivity index (χ0n) is 7.61. The van der Waals surface area contributed by atoms with Gasteiger partial charge in [0.05, 0.1) is 16.3 Å². The maximum Gasteiger partial charge on any atom is 0.416 e. The molecule has 0 fully saturated rings. The maximum atomic E-state index is 12.5. The standard InChI is InChI=1S/C9H9ClF3NO/c10-7-2-1-6(9(11,12)13)5(3-4-15)8(7)14/h1-2,15H,3-4,14H2. The molecule has 0 aliphatic carbocycles. The SMILES string of the molecule is Nc1c(Cl)ccc(C(F)(F)F)c1CCO. The molecule has 2 nitrogen and oxygen atoms in total. The number of aliphatic hydroxyl groups excluding tert-OH is 1. The van der Waals surface area contributed by atoms with E-state index in [4.69, 9.17) is 22.4 Å². The quantitative estimate of drug-likeness (QED) is 0.779. The number of hydrogen-bond donors (Lipinski definition) is 2. The summed E-state index contributed by atoms with van der Waals surface area (Å²) in [6, 6.07) is 1.96. The van der Waals surface area contributed by atoms with Crippen molar-refractivity contribution in [2.24, 2.45) is 0 Å². The Labute approximate surface area is 89.5 Å². The lowest BCUT2D eigenvalue weighted by atomic mass is 10.0. The molecule has 1 aromatic carbocycles. The van der Waals surface area contributed by atoms with Gasteiger partial charge >= 0.3 is 6.18 Å². The van der Waals surface area contributed by atoms with Crippen LogP contribution in [0.3, 0.4) is 0 Å². The van der Waals surface area contributed by atoms with Crippen molar-refractivity contribution in [3.05, 3.63) is 28.3 Å². The number of benzene rings is 1. The summed E-state index contributed by atoms with van der Waals surface area (Å²) in [5, 5.41) is 8.72. The molecule has 0 aliphatic heterocycles. The topological polar surface area (TPSA) is 46.2 Å². The van der Waals surface area contributed by atoms with Gasteiger partial charge in [0.25, 0.3) is 0 Å². The molecule has 0 amide bonds. The minimum absolute atomic E-state index is 0.0615. The average Bonchev–Trinajstić information content (AvgIpc) is 2.11. The summed E-state index contributed by atoms with van der Waals surface area (Å²) in [4.78, 5) is 0. The third kappa shape index (κ3) is 2.54. The number of rotatable bonds is 2. The summed E-state index contributed by atoms with van der Waals surface area (Å²) in [6.07, 6.45) is -4.65. The number of alkyl halides is 3. The van der Waals surface area contributed by atoms with Crippen LogP contribution in [0.5, 0.6) is 0 Å². The zero-order valence-corrected chi connectivity index (χ0v) is 8.36. The van der Waals surface area contributed by atoms with E-state index in [1.807, 2.05) is 0 Å². The Hall–Kier alpha value is -0.940.